The van der Waals surface area contributed by atoms with E-state index in [1.807, 2.05) is 31.2 Å². The minimum atomic E-state index is -0.169. The zero-order valence-electron chi connectivity index (χ0n) is 14.9. The number of halogens is 1. The van der Waals surface area contributed by atoms with Crippen molar-refractivity contribution in [3.05, 3.63) is 58.0 Å². The van der Waals surface area contributed by atoms with Gasteiger partial charge >= 0.3 is 0 Å². The lowest BCUT2D eigenvalue weighted by Gasteiger charge is -2.14. The van der Waals surface area contributed by atoms with Crippen LogP contribution >= 0.6 is 35.6 Å². The second-order valence-electron chi connectivity index (χ2n) is 5.76. The van der Waals surface area contributed by atoms with Crippen molar-refractivity contribution < 1.29 is 14.3 Å². The minimum Gasteiger partial charge on any atom is -0.493 e. The van der Waals surface area contributed by atoms with E-state index in [0.29, 0.717) is 38.0 Å². The highest BCUT2D eigenvalue weighted by atomic mass is 35.5. The fourth-order valence-corrected chi connectivity index (χ4v) is 4.05. The first kappa shape index (κ1) is 19.7. The highest BCUT2D eigenvalue weighted by Crippen LogP contribution is 2.37. The summed E-state index contributed by atoms with van der Waals surface area (Å²) in [5.41, 5.74) is 1.50. The second kappa shape index (κ2) is 8.78. The van der Waals surface area contributed by atoms with Crippen LogP contribution in [-0.4, -0.2) is 23.9 Å². The third-order valence-corrected chi connectivity index (χ3v) is 5.34. The molecule has 140 valence electrons. The molecule has 1 amide bonds. The van der Waals surface area contributed by atoms with Crippen LogP contribution in [-0.2, 0) is 4.79 Å². The second-order valence-corrected chi connectivity index (χ2v) is 7.87. The summed E-state index contributed by atoms with van der Waals surface area (Å²) in [7, 11) is 1.59. The number of benzene rings is 2. The van der Waals surface area contributed by atoms with Crippen molar-refractivity contribution in [2.45, 2.75) is 13.3 Å². The maximum Gasteiger partial charge on any atom is 0.270 e. The zero-order valence-corrected chi connectivity index (χ0v) is 17.3. The average Bonchev–Trinajstić information content (AvgIpc) is 2.93. The van der Waals surface area contributed by atoms with Gasteiger partial charge in [0.25, 0.3) is 5.91 Å². The van der Waals surface area contributed by atoms with Crippen LogP contribution in [0.4, 0.5) is 5.69 Å². The Balaban J connectivity index is 1.87. The third-order valence-electron chi connectivity index (χ3n) is 3.81. The van der Waals surface area contributed by atoms with Gasteiger partial charge in [0, 0.05) is 5.02 Å². The van der Waals surface area contributed by atoms with Crippen LogP contribution < -0.4 is 14.4 Å². The minimum absolute atomic E-state index is 0.169. The standard InChI is InChI=1S/C20H18ClNO3S2/c1-3-9-25-16-8-7-13(10-17(16)24-2)11-18-19(23)22(20(26)27-18)15-6-4-5-14(21)12-15/h4-8,10-12H,3,9H2,1-2H3/b18-11+. The van der Waals surface area contributed by atoms with Crippen molar-refractivity contribution in [1.29, 1.82) is 0 Å². The molecule has 0 spiro atoms. The molecule has 3 rings (SSSR count). The Labute approximate surface area is 173 Å². The predicted molar refractivity (Wildman–Crippen MR) is 116 cm³/mol. The largest absolute Gasteiger partial charge is 0.493 e. The number of anilines is 1. The van der Waals surface area contributed by atoms with E-state index in [0.717, 1.165) is 12.0 Å². The van der Waals surface area contributed by atoms with Gasteiger partial charge in [-0.3, -0.25) is 9.69 Å². The smallest absolute Gasteiger partial charge is 0.270 e. The lowest BCUT2D eigenvalue weighted by Crippen LogP contribution is -2.27. The summed E-state index contributed by atoms with van der Waals surface area (Å²) in [5, 5.41) is 0.554. The summed E-state index contributed by atoms with van der Waals surface area (Å²) in [6, 6.07) is 12.7. The third kappa shape index (κ3) is 4.46. The molecule has 4 nitrogen and oxygen atoms in total. The molecule has 1 heterocycles. The molecule has 0 N–H and O–H groups in total. The van der Waals surface area contributed by atoms with Gasteiger partial charge in [-0.1, -0.05) is 54.6 Å². The Morgan fingerprint density at radius 1 is 1.22 bits per heavy atom. The zero-order chi connectivity index (χ0) is 19.4. The molecule has 0 bridgehead atoms. The van der Waals surface area contributed by atoms with Gasteiger partial charge in [-0.25, -0.2) is 0 Å². The van der Waals surface area contributed by atoms with Crippen molar-refractivity contribution in [2.24, 2.45) is 0 Å². The number of methoxy groups -OCH3 is 1. The van der Waals surface area contributed by atoms with Gasteiger partial charge < -0.3 is 9.47 Å². The lowest BCUT2D eigenvalue weighted by molar-refractivity contribution is -0.113. The number of ether oxygens (including phenoxy) is 2. The molecule has 0 radical (unpaired) electrons. The number of hydrogen-bond acceptors (Lipinski definition) is 5. The van der Waals surface area contributed by atoms with E-state index in [9.17, 15) is 4.79 Å². The number of thiocarbonyl (C=S) groups is 1. The van der Waals surface area contributed by atoms with Gasteiger partial charge in [-0.15, -0.1) is 0 Å². The molecule has 0 atom stereocenters. The van der Waals surface area contributed by atoms with Crippen LogP contribution in [0.25, 0.3) is 6.08 Å². The monoisotopic (exact) mass is 419 g/mol. The van der Waals surface area contributed by atoms with E-state index in [2.05, 4.69) is 0 Å². The summed E-state index contributed by atoms with van der Waals surface area (Å²) >= 11 is 12.7. The molecule has 2 aromatic rings. The molecule has 1 aliphatic rings. The molecule has 1 saturated heterocycles. The van der Waals surface area contributed by atoms with Gasteiger partial charge in [-0.2, -0.15) is 0 Å². The first-order chi connectivity index (χ1) is 13.0. The van der Waals surface area contributed by atoms with Crippen LogP contribution in [0.5, 0.6) is 11.5 Å². The van der Waals surface area contributed by atoms with Crippen LogP contribution in [0.3, 0.4) is 0 Å². The maximum atomic E-state index is 12.8. The number of thioether (sulfide) groups is 1. The van der Waals surface area contributed by atoms with Gasteiger partial charge in [0.05, 0.1) is 24.3 Å². The Kier molecular flexibility index (Phi) is 6.42. The molecule has 27 heavy (non-hydrogen) atoms. The summed E-state index contributed by atoms with van der Waals surface area (Å²) in [6.45, 7) is 2.66. The van der Waals surface area contributed by atoms with Gasteiger partial charge in [0.2, 0.25) is 0 Å². The SMILES string of the molecule is CCCOc1ccc(/C=C2/SC(=S)N(c3cccc(Cl)c3)C2=O)cc1OC. The molecular formula is C20H18ClNO3S2. The molecule has 2 aromatic carbocycles. The van der Waals surface area contributed by atoms with Crippen molar-refractivity contribution >= 4 is 57.6 Å². The van der Waals surface area contributed by atoms with Crippen LogP contribution in [0.15, 0.2) is 47.4 Å². The quantitative estimate of drug-likeness (QED) is 0.453. The van der Waals surface area contributed by atoms with E-state index < -0.39 is 0 Å². The number of amides is 1. The number of hydrogen-bond donors (Lipinski definition) is 0. The van der Waals surface area contributed by atoms with Gasteiger partial charge in [0.15, 0.2) is 15.8 Å². The molecule has 0 unspecified atom stereocenters. The van der Waals surface area contributed by atoms with E-state index in [4.69, 9.17) is 33.3 Å². The first-order valence-corrected chi connectivity index (χ1v) is 9.98. The van der Waals surface area contributed by atoms with Crippen molar-refractivity contribution in [1.82, 2.24) is 0 Å². The Bertz CT molecular complexity index is 914. The summed E-state index contributed by atoms with van der Waals surface area (Å²) in [5.74, 6) is 1.14. The highest BCUT2D eigenvalue weighted by molar-refractivity contribution is 8.27. The first-order valence-electron chi connectivity index (χ1n) is 8.38. The Hall–Kier alpha value is -2.02. The topological polar surface area (TPSA) is 38.8 Å². The van der Waals surface area contributed by atoms with E-state index >= 15 is 0 Å². The summed E-state index contributed by atoms with van der Waals surface area (Å²) in [6.07, 6.45) is 2.72. The molecular weight excluding hydrogens is 402 g/mol. The van der Waals surface area contributed by atoms with E-state index in [1.54, 1.807) is 31.4 Å². The summed E-state index contributed by atoms with van der Waals surface area (Å²) in [4.78, 5) is 14.9. The maximum absolute atomic E-state index is 12.8. The van der Waals surface area contributed by atoms with Crippen molar-refractivity contribution in [3.63, 3.8) is 0 Å². The fourth-order valence-electron chi connectivity index (χ4n) is 2.56. The number of carbonyl (C=O) groups excluding carboxylic acids is 1. The van der Waals surface area contributed by atoms with Crippen molar-refractivity contribution in [3.8, 4) is 11.5 Å². The average molecular weight is 420 g/mol. The molecule has 1 aliphatic heterocycles. The number of rotatable bonds is 6. The number of carbonyl (C=O) groups is 1. The highest BCUT2D eigenvalue weighted by Gasteiger charge is 2.33. The van der Waals surface area contributed by atoms with Crippen LogP contribution in [0, 0.1) is 0 Å². The molecule has 7 heteroatoms. The van der Waals surface area contributed by atoms with E-state index in [-0.39, 0.29) is 5.91 Å². The molecule has 0 aromatic heterocycles. The normalized spacial score (nSPS) is 15.5. The Morgan fingerprint density at radius 2 is 2.04 bits per heavy atom. The van der Waals surface area contributed by atoms with E-state index in [1.165, 1.54) is 16.7 Å². The Morgan fingerprint density at radius 3 is 2.74 bits per heavy atom. The number of nitrogens with zero attached hydrogens (tertiary/aromatic N) is 1. The predicted octanol–water partition coefficient (Wildman–Crippen LogP) is 5.54. The van der Waals surface area contributed by atoms with Crippen molar-refractivity contribution in [2.75, 3.05) is 18.6 Å². The molecule has 1 fully saturated rings. The molecule has 0 saturated carbocycles. The summed E-state index contributed by atoms with van der Waals surface area (Å²) < 4.78 is 11.5. The lowest BCUT2D eigenvalue weighted by atomic mass is 10.2. The van der Waals surface area contributed by atoms with Crippen LogP contribution in [0.1, 0.15) is 18.9 Å². The van der Waals surface area contributed by atoms with Gasteiger partial charge in [-0.05, 0) is 48.4 Å². The fraction of sp³-hybridized carbons (Fsp3) is 0.200. The van der Waals surface area contributed by atoms with Gasteiger partial charge in [0.1, 0.15) is 0 Å². The van der Waals surface area contributed by atoms with Crippen LogP contribution in [0.2, 0.25) is 5.02 Å². The molecule has 0 aliphatic carbocycles.